The van der Waals surface area contributed by atoms with Crippen LogP contribution in [0.2, 0.25) is 5.15 Å². The van der Waals surface area contributed by atoms with Gasteiger partial charge in [-0.05, 0) is 31.5 Å². The zero-order valence-corrected chi connectivity index (χ0v) is 13.5. The minimum atomic E-state index is -0.438. The van der Waals surface area contributed by atoms with Crippen molar-refractivity contribution in [3.63, 3.8) is 0 Å². The maximum absolute atomic E-state index is 13.8. The Kier molecular flexibility index (Phi) is 4.19. The Morgan fingerprint density at radius 3 is 2.43 bits per heavy atom. The van der Waals surface area contributed by atoms with Crippen molar-refractivity contribution in [3.8, 4) is 11.6 Å². The summed E-state index contributed by atoms with van der Waals surface area (Å²) in [5.41, 5.74) is 1.21. The highest BCUT2D eigenvalue weighted by Gasteiger charge is 2.22. The van der Waals surface area contributed by atoms with E-state index in [1.807, 2.05) is 27.7 Å². The lowest BCUT2D eigenvalue weighted by molar-refractivity contribution is 0.413. The summed E-state index contributed by atoms with van der Waals surface area (Å²) in [6.07, 6.45) is 0. The van der Waals surface area contributed by atoms with Gasteiger partial charge in [-0.2, -0.15) is 4.98 Å². The molecule has 0 aliphatic rings. The summed E-state index contributed by atoms with van der Waals surface area (Å²) < 4.78 is 19.4. The fourth-order valence-electron chi connectivity index (χ4n) is 1.70. The average molecular weight is 309 g/mol. The van der Waals surface area contributed by atoms with Gasteiger partial charge in [0, 0.05) is 11.0 Å². The summed E-state index contributed by atoms with van der Waals surface area (Å²) in [5, 5.41) is 0.318. The molecule has 1 aromatic heterocycles. The molecule has 0 radical (unpaired) electrons. The standard InChI is InChI=1S/C16H18ClFN2O/c1-9-6-7-11(18)12(8-9)21-14-10(2)13(17)19-15(20-14)16(3,4)5/h6-8H,1-5H3. The maximum atomic E-state index is 13.8. The minimum Gasteiger partial charge on any atom is -0.435 e. The summed E-state index contributed by atoms with van der Waals surface area (Å²) in [6.45, 7) is 9.55. The molecule has 2 rings (SSSR count). The van der Waals surface area contributed by atoms with E-state index in [1.54, 1.807) is 19.1 Å². The second kappa shape index (κ2) is 5.60. The van der Waals surface area contributed by atoms with E-state index in [2.05, 4.69) is 9.97 Å². The van der Waals surface area contributed by atoms with Crippen LogP contribution < -0.4 is 4.74 Å². The lowest BCUT2D eigenvalue weighted by Crippen LogP contribution is -2.17. The van der Waals surface area contributed by atoms with E-state index < -0.39 is 5.82 Å². The second-order valence-corrected chi connectivity index (χ2v) is 6.41. The first kappa shape index (κ1) is 15.7. The van der Waals surface area contributed by atoms with Crippen LogP contribution in [-0.4, -0.2) is 9.97 Å². The van der Waals surface area contributed by atoms with Crippen LogP contribution in [0, 0.1) is 19.7 Å². The molecule has 2 aromatic rings. The molecule has 0 aliphatic heterocycles. The number of benzene rings is 1. The third-order valence-electron chi connectivity index (χ3n) is 3.01. The molecule has 0 unspecified atom stereocenters. The van der Waals surface area contributed by atoms with Gasteiger partial charge in [0.2, 0.25) is 5.88 Å². The van der Waals surface area contributed by atoms with Crippen LogP contribution in [0.25, 0.3) is 0 Å². The second-order valence-electron chi connectivity index (χ2n) is 6.05. The number of nitrogens with zero attached hydrogens (tertiary/aromatic N) is 2. The number of hydrogen-bond acceptors (Lipinski definition) is 3. The normalized spacial score (nSPS) is 11.6. The van der Waals surface area contributed by atoms with Gasteiger partial charge < -0.3 is 4.74 Å². The molecule has 0 bridgehead atoms. The van der Waals surface area contributed by atoms with Crippen molar-refractivity contribution in [2.45, 2.75) is 40.0 Å². The van der Waals surface area contributed by atoms with E-state index in [-0.39, 0.29) is 17.0 Å². The molecule has 0 spiro atoms. The Labute approximate surface area is 129 Å². The topological polar surface area (TPSA) is 35.0 Å². The predicted molar refractivity (Wildman–Crippen MR) is 81.7 cm³/mol. The van der Waals surface area contributed by atoms with Crippen molar-refractivity contribution >= 4 is 11.6 Å². The molecule has 0 aliphatic carbocycles. The lowest BCUT2D eigenvalue weighted by Gasteiger charge is -2.19. The van der Waals surface area contributed by atoms with E-state index in [0.717, 1.165) is 5.56 Å². The number of ether oxygens (including phenoxy) is 1. The largest absolute Gasteiger partial charge is 0.435 e. The first-order valence-electron chi connectivity index (χ1n) is 6.67. The summed E-state index contributed by atoms with van der Waals surface area (Å²) in [6, 6.07) is 4.68. The Hall–Kier alpha value is -1.68. The van der Waals surface area contributed by atoms with Gasteiger partial charge in [0.1, 0.15) is 11.0 Å². The predicted octanol–water partition coefficient (Wildman–Crippen LogP) is 4.98. The third kappa shape index (κ3) is 3.50. The van der Waals surface area contributed by atoms with Crippen molar-refractivity contribution in [1.29, 1.82) is 0 Å². The van der Waals surface area contributed by atoms with E-state index in [9.17, 15) is 4.39 Å². The summed E-state index contributed by atoms with van der Waals surface area (Å²) in [7, 11) is 0. The first-order chi connectivity index (χ1) is 9.68. The molecule has 0 saturated heterocycles. The summed E-state index contributed by atoms with van der Waals surface area (Å²) in [4.78, 5) is 8.65. The molecule has 1 heterocycles. The Bertz CT molecular complexity index is 681. The fraction of sp³-hybridized carbons (Fsp3) is 0.375. The summed E-state index contributed by atoms with van der Waals surface area (Å²) >= 11 is 6.14. The molecule has 5 heteroatoms. The minimum absolute atomic E-state index is 0.132. The highest BCUT2D eigenvalue weighted by Crippen LogP contribution is 2.31. The number of rotatable bonds is 2. The van der Waals surface area contributed by atoms with Crippen LogP contribution in [0.15, 0.2) is 18.2 Å². The van der Waals surface area contributed by atoms with E-state index in [1.165, 1.54) is 6.07 Å². The number of halogens is 2. The van der Waals surface area contributed by atoms with Gasteiger partial charge in [0.15, 0.2) is 11.6 Å². The summed E-state index contributed by atoms with van der Waals surface area (Å²) in [5.74, 6) is 0.533. The van der Waals surface area contributed by atoms with Gasteiger partial charge in [-0.1, -0.05) is 38.4 Å². The zero-order chi connectivity index (χ0) is 15.8. The quantitative estimate of drug-likeness (QED) is 0.734. The number of aryl methyl sites for hydroxylation is 1. The van der Waals surface area contributed by atoms with Crippen molar-refractivity contribution < 1.29 is 9.13 Å². The van der Waals surface area contributed by atoms with E-state index in [0.29, 0.717) is 16.5 Å². The SMILES string of the molecule is Cc1ccc(F)c(Oc2nc(C(C)(C)C)nc(Cl)c2C)c1. The maximum Gasteiger partial charge on any atom is 0.227 e. The zero-order valence-electron chi connectivity index (χ0n) is 12.8. The molecule has 112 valence electrons. The molecule has 1 aromatic carbocycles. The number of hydrogen-bond donors (Lipinski definition) is 0. The van der Waals surface area contributed by atoms with Crippen molar-refractivity contribution in [1.82, 2.24) is 9.97 Å². The van der Waals surface area contributed by atoms with Gasteiger partial charge in [0.05, 0.1) is 0 Å². The fourth-order valence-corrected chi connectivity index (χ4v) is 1.86. The third-order valence-corrected chi connectivity index (χ3v) is 3.37. The van der Waals surface area contributed by atoms with Gasteiger partial charge in [-0.15, -0.1) is 0 Å². The molecular formula is C16H18ClFN2O. The van der Waals surface area contributed by atoms with Crippen LogP contribution in [-0.2, 0) is 5.41 Å². The van der Waals surface area contributed by atoms with Gasteiger partial charge in [-0.25, -0.2) is 9.37 Å². The molecule has 0 N–H and O–H groups in total. The van der Waals surface area contributed by atoms with E-state index >= 15 is 0 Å². The average Bonchev–Trinajstić information content (AvgIpc) is 2.37. The highest BCUT2D eigenvalue weighted by molar-refractivity contribution is 6.30. The highest BCUT2D eigenvalue weighted by atomic mass is 35.5. The molecule has 21 heavy (non-hydrogen) atoms. The molecule has 3 nitrogen and oxygen atoms in total. The van der Waals surface area contributed by atoms with Crippen molar-refractivity contribution in [2.75, 3.05) is 0 Å². The van der Waals surface area contributed by atoms with Crippen LogP contribution in [0.4, 0.5) is 4.39 Å². The lowest BCUT2D eigenvalue weighted by atomic mass is 9.96. The Morgan fingerprint density at radius 1 is 1.14 bits per heavy atom. The molecule has 0 amide bonds. The molecule has 0 atom stereocenters. The van der Waals surface area contributed by atoms with Crippen LogP contribution >= 0.6 is 11.6 Å². The molecule has 0 fully saturated rings. The number of aromatic nitrogens is 2. The monoisotopic (exact) mass is 308 g/mol. The van der Waals surface area contributed by atoms with Crippen LogP contribution in [0.5, 0.6) is 11.6 Å². The Morgan fingerprint density at radius 2 is 1.81 bits per heavy atom. The smallest absolute Gasteiger partial charge is 0.227 e. The van der Waals surface area contributed by atoms with Crippen LogP contribution in [0.3, 0.4) is 0 Å². The molecule has 0 saturated carbocycles. The van der Waals surface area contributed by atoms with Crippen molar-refractivity contribution in [3.05, 3.63) is 46.1 Å². The van der Waals surface area contributed by atoms with Crippen molar-refractivity contribution in [2.24, 2.45) is 0 Å². The van der Waals surface area contributed by atoms with Gasteiger partial charge in [0.25, 0.3) is 0 Å². The molecular weight excluding hydrogens is 291 g/mol. The van der Waals surface area contributed by atoms with E-state index in [4.69, 9.17) is 16.3 Å². The Balaban J connectivity index is 2.49. The van der Waals surface area contributed by atoms with Gasteiger partial charge >= 0.3 is 0 Å². The first-order valence-corrected chi connectivity index (χ1v) is 7.05. The van der Waals surface area contributed by atoms with Crippen LogP contribution in [0.1, 0.15) is 37.7 Å². The van der Waals surface area contributed by atoms with Gasteiger partial charge in [-0.3, -0.25) is 0 Å².